The molecule has 0 unspecified atom stereocenters. The van der Waals surface area contributed by atoms with Gasteiger partial charge in [-0.1, -0.05) is 0 Å². The summed E-state index contributed by atoms with van der Waals surface area (Å²) < 4.78 is 12.9. The van der Waals surface area contributed by atoms with Gasteiger partial charge >= 0.3 is 174 Å². The Hall–Kier alpha value is -2.61. The van der Waals surface area contributed by atoms with Gasteiger partial charge in [0.05, 0.1) is 0 Å². The second-order valence-corrected chi connectivity index (χ2v) is 9.95. The van der Waals surface area contributed by atoms with Crippen molar-refractivity contribution < 1.29 is 19.1 Å². The van der Waals surface area contributed by atoms with E-state index >= 15 is 0 Å². The summed E-state index contributed by atoms with van der Waals surface area (Å²) in [4.78, 5) is 25.2. The number of cyclic esters (lactones) is 2. The van der Waals surface area contributed by atoms with Gasteiger partial charge in [-0.3, -0.25) is 0 Å². The van der Waals surface area contributed by atoms with E-state index in [9.17, 15) is 9.59 Å². The van der Waals surface area contributed by atoms with Gasteiger partial charge in [0, 0.05) is 0 Å². The van der Waals surface area contributed by atoms with Crippen LogP contribution in [0.2, 0.25) is 0 Å². The Morgan fingerprint density at radius 1 is 0.714 bits per heavy atom. The van der Waals surface area contributed by atoms with Crippen molar-refractivity contribution in [1.29, 1.82) is 0 Å². The first-order valence-electron chi connectivity index (χ1n) is 8.86. The summed E-state index contributed by atoms with van der Waals surface area (Å²) in [6, 6.07) is 20.1. The molecule has 0 aromatic heterocycles. The Morgan fingerprint density at radius 2 is 1.14 bits per heavy atom. The predicted octanol–water partition coefficient (Wildman–Crippen LogP) is 3.92. The third kappa shape index (κ3) is 3.82. The number of carbonyl (C=O) groups is 2. The van der Waals surface area contributed by atoms with E-state index in [4.69, 9.17) is 9.47 Å². The molecule has 0 atom stereocenters. The Labute approximate surface area is 173 Å². The molecular formula is C23H18O4Te. The number of ether oxygens (including phenoxy) is 2. The van der Waals surface area contributed by atoms with Crippen molar-refractivity contribution in [2.75, 3.05) is 0 Å². The molecule has 4 rings (SSSR count). The standard InChI is InChI=1S/C23H18O4Te/c1-23(2)26-21(24)20(22(25)27-23)17-13-18(15-9-5-3-6-10-15)28-19(14-17)16-11-7-4-8-12-16/h3-14H,1-2H3. The molecule has 2 aromatic rings. The zero-order chi connectivity index (χ0) is 19.7. The fourth-order valence-corrected chi connectivity index (χ4v) is 6.21. The second-order valence-electron chi connectivity index (χ2n) is 6.86. The number of benzene rings is 2. The molecule has 2 aliphatic rings. The van der Waals surface area contributed by atoms with Gasteiger partial charge in [0.25, 0.3) is 0 Å². The summed E-state index contributed by atoms with van der Waals surface area (Å²) in [6.07, 6.45) is 3.86. The normalized spacial score (nSPS) is 18.8. The SMILES string of the molecule is CC1(C)OC(=O)C(=C2C=C(c3ccccc3)[Te]C(c3ccccc3)=C2)C(=O)O1. The van der Waals surface area contributed by atoms with Crippen molar-refractivity contribution in [1.82, 2.24) is 0 Å². The minimum absolute atomic E-state index is 0.0478. The van der Waals surface area contributed by atoms with Crippen molar-refractivity contribution in [3.8, 4) is 0 Å². The molecule has 0 spiro atoms. The van der Waals surface area contributed by atoms with Gasteiger partial charge in [0.2, 0.25) is 0 Å². The van der Waals surface area contributed by atoms with Gasteiger partial charge in [-0.25, -0.2) is 0 Å². The Bertz CT molecular complexity index is 951. The predicted molar refractivity (Wildman–Crippen MR) is 108 cm³/mol. The van der Waals surface area contributed by atoms with Gasteiger partial charge in [-0.2, -0.15) is 0 Å². The molecular weight excluding hydrogens is 468 g/mol. The number of allylic oxidation sites excluding steroid dienone is 3. The van der Waals surface area contributed by atoms with Crippen LogP contribution < -0.4 is 0 Å². The zero-order valence-corrected chi connectivity index (χ0v) is 17.8. The molecule has 1 saturated heterocycles. The van der Waals surface area contributed by atoms with Gasteiger partial charge in [0.1, 0.15) is 0 Å². The van der Waals surface area contributed by atoms with Crippen LogP contribution in [0.15, 0.2) is 84.0 Å². The first-order valence-corrected chi connectivity index (χ1v) is 11.2. The van der Waals surface area contributed by atoms with Crippen molar-refractivity contribution >= 4 is 40.1 Å². The molecule has 140 valence electrons. The van der Waals surface area contributed by atoms with Crippen LogP contribution >= 0.6 is 0 Å². The van der Waals surface area contributed by atoms with Crippen molar-refractivity contribution in [3.05, 3.63) is 95.1 Å². The van der Waals surface area contributed by atoms with Gasteiger partial charge < -0.3 is 0 Å². The third-order valence-electron chi connectivity index (χ3n) is 4.28. The van der Waals surface area contributed by atoms with Crippen molar-refractivity contribution in [2.45, 2.75) is 19.6 Å². The van der Waals surface area contributed by atoms with Crippen LogP contribution in [0, 0.1) is 0 Å². The molecule has 5 heteroatoms. The molecule has 0 amide bonds. The van der Waals surface area contributed by atoms with Gasteiger partial charge in [-0.15, -0.1) is 0 Å². The summed E-state index contributed by atoms with van der Waals surface area (Å²) in [7, 11) is 0. The molecule has 28 heavy (non-hydrogen) atoms. The molecule has 2 aliphatic heterocycles. The van der Waals surface area contributed by atoms with E-state index in [-0.39, 0.29) is 5.57 Å². The topological polar surface area (TPSA) is 52.6 Å². The van der Waals surface area contributed by atoms with E-state index in [1.165, 1.54) is 0 Å². The first kappa shape index (κ1) is 18.7. The van der Waals surface area contributed by atoms with Crippen LogP contribution in [-0.2, 0) is 19.1 Å². The van der Waals surface area contributed by atoms with E-state index in [2.05, 4.69) is 0 Å². The van der Waals surface area contributed by atoms with E-state index in [1.807, 2.05) is 72.8 Å². The molecule has 0 saturated carbocycles. The number of esters is 2. The number of carbonyl (C=O) groups excluding carboxylic acids is 2. The molecule has 0 bridgehead atoms. The maximum atomic E-state index is 12.6. The Balaban J connectivity index is 1.86. The maximum absolute atomic E-state index is 12.6. The van der Waals surface area contributed by atoms with Crippen LogP contribution in [0.25, 0.3) is 7.24 Å². The van der Waals surface area contributed by atoms with Crippen LogP contribution in [0.5, 0.6) is 0 Å². The summed E-state index contributed by atoms with van der Waals surface area (Å²) in [5.74, 6) is -2.55. The Morgan fingerprint density at radius 3 is 1.57 bits per heavy atom. The third-order valence-corrected chi connectivity index (χ3v) is 7.56. The van der Waals surface area contributed by atoms with Gasteiger partial charge in [0.15, 0.2) is 0 Å². The number of hydrogen-bond acceptors (Lipinski definition) is 4. The number of rotatable bonds is 2. The quantitative estimate of drug-likeness (QED) is 0.280. The van der Waals surface area contributed by atoms with Crippen LogP contribution in [0.4, 0.5) is 0 Å². The average Bonchev–Trinajstić information content (AvgIpc) is 2.67. The fourth-order valence-electron chi connectivity index (χ4n) is 3.02. The second kappa shape index (κ2) is 7.43. The molecule has 2 aromatic carbocycles. The monoisotopic (exact) mass is 488 g/mol. The average molecular weight is 486 g/mol. The minimum atomic E-state index is -1.25. The summed E-state index contributed by atoms with van der Waals surface area (Å²) >= 11 is -0.704. The molecule has 0 aliphatic carbocycles. The van der Waals surface area contributed by atoms with Crippen LogP contribution in [0.1, 0.15) is 25.0 Å². The molecule has 0 radical (unpaired) electrons. The summed E-state index contributed by atoms with van der Waals surface area (Å²) in [5, 5.41) is 0. The molecule has 2 heterocycles. The molecule has 4 nitrogen and oxygen atoms in total. The molecule has 1 fully saturated rings. The first-order chi connectivity index (χ1) is 13.4. The van der Waals surface area contributed by atoms with E-state index in [1.54, 1.807) is 13.8 Å². The number of hydrogen-bond donors (Lipinski definition) is 0. The van der Waals surface area contributed by atoms with Crippen molar-refractivity contribution in [3.63, 3.8) is 0 Å². The van der Waals surface area contributed by atoms with Crippen LogP contribution in [0.3, 0.4) is 0 Å². The summed E-state index contributed by atoms with van der Waals surface area (Å²) in [5.41, 5.74) is 2.69. The zero-order valence-electron chi connectivity index (χ0n) is 15.5. The van der Waals surface area contributed by atoms with E-state index < -0.39 is 38.6 Å². The van der Waals surface area contributed by atoms with Gasteiger partial charge in [-0.05, 0) is 0 Å². The summed E-state index contributed by atoms with van der Waals surface area (Å²) in [6.45, 7) is 3.10. The van der Waals surface area contributed by atoms with E-state index in [0.29, 0.717) is 5.57 Å². The fraction of sp³-hybridized carbons (Fsp3) is 0.130. The van der Waals surface area contributed by atoms with Crippen molar-refractivity contribution in [2.24, 2.45) is 0 Å². The van der Waals surface area contributed by atoms with Crippen LogP contribution in [-0.4, -0.2) is 38.6 Å². The Kier molecular flexibility index (Phi) is 4.97. The van der Waals surface area contributed by atoms with E-state index in [0.717, 1.165) is 18.4 Å². The molecule has 0 N–H and O–H groups in total.